The molecule has 2 rings (SSSR count). The molecule has 2 aromatic rings. The number of aromatic nitrogens is 2. The first-order valence-corrected chi connectivity index (χ1v) is 6.57. The van der Waals surface area contributed by atoms with Crippen molar-refractivity contribution >= 4 is 29.1 Å². The second kappa shape index (κ2) is 5.62. The highest BCUT2D eigenvalue weighted by Crippen LogP contribution is 2.29. The van der Waals surface area contributed by atoms with Gasteiger partial charge in [0, 0.05) is 16.5 Å². The molecule has 0 bridgehead atoms. The Kier molecular flexibility index (Phi) is 3.92. The van der Waals surface area contributed by atoms with Crippen molar-refractivity contribution < 1.29 is 9.90 Å². The van der Waals surface area contributed by atoms with E-state index in [2.05, 4.69) is 9.97 Å². The van der Waals surface area contributed by atoms with Crippen LogP contribution in [0.4, 0.5) is 0 Å². The maximum atomic E-state index is 10.5. The molecule has 0 atom stereocenters. The number of pyridine rings is 1. The number of nitriles is 1. The Morgan fingerprint density at radius 1 is 1.56 bits per heavy atom. The number of rotatable bonds is 4. The quantitative estimate of drug-likeness (QED) is 0.921. The molecular weight excluding hydrogens is 270 g/mol. The van der Waals surface area contributed by atoms with Gasteiger partial charge in [-0.05, 0) is 12.1 Å². The molecular formula is C11H7N3O2S2. The van der Waals surface area contributed by atoms with E-state index in [1.165, 1.54) is 23.1 Å². The lowest BCUT2D eigenvalue weighted by atomic mass is 10.3. The fourth-order valence-electron chi connectivity index (χ4n) is 1.18. The molecule has 2 aromatic heterocycles. The zero-order valence-electron chi connectivity index (χ0n) is 9.03. The fraction of sp³-hybridized carbons (Fsp3) is 0.0909. The zero-order chi connectivity index (χ0) is 13.0. The molecule has 5 nitrogen and oxygen atoms in total. The van der Waals surface area contributed by atoms with Crippen molar-refractivity contribution in [2.45, 2.75) is 15.7 Å². The zero-order valence-corrected chi connectivity index (χ0v) is 10.7. The van der Waals surface area contributed by atoms with Crippen molar-refractivity contribution in [2.24, 2.45) is 0 Å². The Labute approximate surface area is 111 Å². The Morgan fingerprint density at radius 2 is 2.39 bits per heavy atom. The van der Waals surface area contributed by atoms with Crippen LogP contribution in [0.2, 0.25) is 0 Å². The van der Waals surface area contributed by atoms with Crippen molar-refractivity contribution in [3.8, 4) is 6.07 Å². The summed E-state index contributed by atoms with van der Waals surface area (Å²) in [5.41, 5.74) is 0.918. The smallest absolute Gasteiger partial charge is 0.309 e. The summed E-state index contributed by atoms with van der Waals surface area (Å²) in [6, 6.07) is 5.36. The number of nitrogens with zero attached hydrogens (tertiary/aromatic N) is 3. The Balaban J connectivity index is 2.06. The molecule has 0 aliphatic carbocycles. The van der Waals surface area contributed by atoms with Crippen LogP contribution in [0.1, 0.15) is 11.4 Å². The van der Waals surface area contributed by atoms with Crippen LogP contribution in [0.5, 0.6) is 0 Å². The lowest BCUT2D eigenvalue weighted by Gasteiger charge is -1.96. The third-order valence-electron chi connectivity index (χ3n) is 1.92. The van der Waals surface area contributed by atoms with Crippen molar-refractivity contribution in [1.29, 1.82) is 5.26 Å². The van der Waals surface area contributed by atoms with E-state index in [9.17, 15) is 4.79 Å². The van der Waals surface area contributed by atoms with Crippen molar-refractivity contribution in [2.75, 3.05) is 0 Å². The first kappa shape index (κ1) is 12.5. The molecule has 0 radical (unpaired) electrons. The van der Waals surface area contributed by atoms with Crippen LogP contribution < -0.4 is 0 Å². The Morgan fingerprint density at radius 3 is 3.00 bits per heavy atom. The number of carboxylic acid groups (broad SMARTS) is 1. The summed E-state index contributed by atoms with van der Waals surface area (Å²) in [4.78, 5) is 19.5. The average molecular weight is 277 g/mol. The van der Waals surface area contributed by atoms with E-state index in [4.69, 9.17) is 10.4 Å². The van der Waals surface area contributed by atoms with Gasteiger partial charge in [-0.25, -0.2) is 9.97 Å². The standard InChI is InChI=1S/C11H7N3O2S2/c12-4-7-1-2-9(5-13-7)18-11-14-8(6-17-11)3-10(15)16/h1-2,5-6H,3H2,(H,15,16). The van der Waals surface area contributed by atoms with Crippen LogP contribution in [-0.4, -0.2) is 21.0 Å². The first-order valence-electron chi connectivity index (χ1n) is 4.87. The van der Waals surface area contributed by atoms with Gasteiger partial charge in [-0.15, -0.1) is 11.3 Å². The van der Waals surface area contributed by atoms with E-state index >= 15 is 0 Å². The van der Waals surface area contributed by atoms with Crippen LogP contribution in [0.3, 0.4) is 0 Å². The third-order valence-corrected chi connectivity index (χ3v) is 3.88. The van der Waals surface area contributed by atoms with E-state index in [0.717, 1.165) is 9.24 Å². The van der Waals surface area contributed by atoms with E-state index in [1.807, 2.05) is 6.07 Å². The monoisotopic (exact) mass is 277 g/mol. The molecule has 7 heteroatoms. The van der Waals surface area contributed by atoms with Gasteiger partial charge in [0.25, 0.3) is 0 Å². The van der Waals surface area contributed by atoms with Crippen molar-refractivity contribution in [3.63, 3.8) is 0 Å². The minimum atomic E-state index is -0.892. The highest BCUT2D eigenvalue weighted by atomic mass is 32.2. The topological polar surface area (TPSA) is 86.9 Å². The van der Waals surface area contributed by atoms with Crippen LogP contribution in [0, 0.1) is 11.3 Å². The predicted octanol–water partition coefficient (Wildman–Crippen LogP) is 2.19. The fourth-order valence-corrected chi connectivity index (χ4v) is 2.95. The normalized spacial score (nSPS) is 9.94. The molecule has 18 heavy (non-hydrogen) atoms. The SMILES string of the molecule is N#Cc1ccc(Sc2nc(CC(=O)O)cs2)cn1. The number of carboxylic acids is 1. The number of hydrogen-bond donors (Lipinski definition) is 1. The van der Waals surface area contributed by atoms with Crippen LogP contribution in [0.25, 0.3) is 0 Å². The van der Waals surface area contributed by atoms with Gasteiger partial charge in [0.05, 0.1) is 12.1 Å². The Hall–Kier alpha value is -1.91. The van der Waals surface area contributed by atoms with Crippen molar-refractivity contribution in [3.05, 3.63) is 35.1 Å². The molecule has 0 saturated heterocycles. The average Bonchev–Trinajstić information content (AvgIpc) is 2.76. The summed E-state index contributed by atoms with van der Waals surface area (Å²) in [5.74, 6) is -0.892. The summed E-state index contributed by atoms with van der Waals surface area (Å²) in [6.07, 6.45) is 1.53. The molecule has 90 valence electrons. The summed E-state index contributed by atoms with van der Waals surface area (Å²) in [5, 5.41) is 19.0. The van der Waals surface area contributed by atoms with Gasteiger partial charge in [0.2, 0.25) is 0 Å². The summed E-state index contributed by atoms with van der Waals surface area (Å²) in [7, 11) is 0. The second-order valence-electron chi connectivity index (χ2n) is 3.27. The molecule has 0 aliphatic heterocycles. The molecule has 0 amide bonds. The van der Waals surface area contributed by atoms with Gasteiger partial charge in [0.15, 0.2) is 4.34 Å². The molecule has 0 unspecified atom stereocenters. The first-order chi connectivity index (χ1) is 8.67. The molecule has 1 N–H and O–H groups in total. The number of thiazole rings is 1. The number of aliphatic carboxylic acids is 1. The maximum Gasteiger partial charge on any atom is 0.309 e. The van der Waals surface area contributed by atoms with Gasteiger partial charge in [-0.2, -0.15) is 5.26 Å². The van der Waals surface area contributed by atoms with Gasteiger partial charge < -0.3 is 5.11 Å². The highest BCUT2D eigenvalue weighted by Gasteiger charge is 2.07. The molecule has 0 spiro atoms. The molecule has 2 heterocycles. The van der Waals surface area contributed by atoms with E-state index < -0.39 is 5.97 Å². The van der Waals surface area contributed by atoms with E-state index in [1.54, 1.807) is 23.7 Å². The second-order valence-corrected chi connectivity index (χ2v) is 5.45. The summed E-state index contributed by atoms with van der Waals surface area (Å²) < 4.78 is 0.762. The lowest BCUT2D eigenvalue weighted by molar-refractivity contribution is -0.136. The van der Waals surface area contributed by atoms with E-state index in [-0.39, 0.29) is 6.42 Å². The van der Waals surface area contributed by atoms with Gasteiger partial charge in [-0.3, -0.25) is 4.79 Å². The molecule has 0 fully saturated rings. The minimum Gasteiger partial charge on any atom is -0.481 e. The van der Waals surface area contributed by atoms with Crippen LogP contribution >= 0.6 is 23.1 Å². The van der Waals surface area contributed by atoms with Crippen molar-refractivity contribution in [1.82, 2.24) is 9.97 Å². The van der Waals surface area contributed by atoms with E-state index in [0.29, 0.717) is 11.4 Å². The molecule has 0 aliphatic rings. The largest absolute Gasteiger partial charge is 0.481 e. The maximum absolute atomic E-state index is 10.5. The lowest BCUT2D eigenvalue weighted by Crippen LogP contribution is -1.99. The van der Waals surface area contributed by atoms with Gasteiger partial charge in [-0.1, -0.05) is 11.8 Å². The van der Waals surface area contributed by atoms with Crippen LogP contribution in [0.15, 0.2) is 32.9 Å². The highest BCUT2D eigenvalue weighted by molar-refractivity contribution is 8.01. The third kappa shape index (κ3) is 3.29. The van der Waals surface area contributed by atoms with Crippen LogP contribution in [-0.2, 0) is 11.2 Å². The molecule has 0 saturated carbocycles. The number of hydrogen-bond acceptors (Lipinski definition) is 6. The summed E-state index contributed by atoms with van der Waals surface area (Å²) >= 11 is 2.79. The van der Waals surface area contributed by atoms with Gasteiger partial charge in [0.1, 0.15) is 11.8 Å². The molecule has 0 aromatic carbocycles. The van der Waals surface area contributed by atoms with Gasteiger partial charge >= 0.3 is 5.97 Å². The predicted molar refractivity (Wildman–Crippen MR) is 66.5 cm³/mol. The number of carbonyl (C=O) groups is 1. The minimum absolute atomic E-state index is 0.0668. The summed E-state index contributed by atoms with van der Waals surface area (Å²) in [6.45, 7) is 0. The Bertz CT molecular complexity index is 601.